The van der Waals surface area contributed by atoms with Gasteiger partial charge in [0.25, 0.3) is 5.91 Å². The Hall–Kier alpha value is -1.69. The maximum Gasteiger partial charge on any atom is 0.271 e. The van der Waals surface area contributed by atoms with Crippen molar-refractivity contribution in [3.63, 3.8) is 0 Å². The van der Waals surface area contributed by atoms with E-state index in [1.54, 1.807) is 11.3 Å². The monoisotopic (exact) mass is 290 g/mol. The number of fused-ring (bicyclic) bond motifs is 1. The van der Waals surface area contributed by atoms with Gasteiger partial charge in [-0.15, -0.1) is 11.3 Å². The summed E-state index contributed by atoms with van der Waals surface area (Å²) in [5, 5.41) is 3.95. The summed E-state index contributed by atoms with van der Waals surface area (Å²) >= 11 is 1.60. The van der Waals surface area contributed by atoms with Gasteiger partial charge >= 0.3 is 0 Å². The summed E-state index contributed by atoms with van der Waals surface area (Å²) in [5.74, 6) is 0.665. The van der Waals surface area contributed by atoms with Gasteiger partial charge < -0.3 is 10.3 Å². The third kappa shape index (κ3) is 2.24. The minimum atomic E-state index is -0.0908. The van der Waals surface area contributed by atoms with Crippen molar-refractivity contribution in [3.05, 3.63) is 22.1 Å². The fourth-order valence-electron chi connectivity index (χ4n) is 2.53. The highest BCUT2D eigenvalue weighted by Gasteiger charge is 2.30. The van der Waals surface area contributed by atoms with Crippen LogP contribution in [0.5, 0.6) is 0 Å². The Morgan fingerprint density at radius 1 is 1.25 bits per heavy atom. The smallest absolute Gasteiger partial charge is 0.271 e. The molecule has 1 aliphatic heterocycles. The number of carbonyl (C=O) groups is 1. The van der Waals surface area contributed by atoms with Crippen molar-refractivity contribution < 1.29 is 4.79 Å². The molecule has 0 saturated heterocycles. The number of carbonyl (C=O) groups excluding carboxylic acids is 1. The average molecular weight is 290 g/mol. The molecule has 1 aliphatic rings. The lowest BCUT2D eigenvalue weighted by molar-refractivity contribution is 0.0940. The first-order chi connectivity index (χ1) is 9.35. The van der Waals surface area contributed by atoms with Crippen LogP contribution >= 0.6 is 11.3 Å². The molecular weight excluding hydrogens is 272 g/mol. The van der Waals surface area contributed by atoms with Crippen molar-refractivity contribution in [3.8, 4) is 10.7 Å². The van der Waals surface area contributed by atoms with Gasteiger partial charge in [-0.1, -0.05) is 13.8 Å². The normalized spacial score (nSPS) is 17.5. The highest BCUT2D eigenvalue weighted by atomic mass is 32.1. The molecule has 0 saturated carbocycles. The lowest BCUT2D eigenvalue weighted by Crippen LogP contribution is -2.32. The Morgan fingerprint density at radius 3 is 2.65 bits per heavy atom. The molecule has 0 aromatic carbocycles. The van der Waals surface area contributed by atoms with Crippen LogP contribution in [0.2, 0.25) is 0 Å². The molecule has 3 heterocycles. The average Bonchev–Trinajstić information content (AvgIpc) is 2.86. The molecule has 5 nitrogen and oxygen atoms in total. The number of thiazole rings is 1. The lowest BCUT2D eigenvalue weighted by Gasteiger charge is -2.21. The molecule has 0 radical (unpaired) electrons. The number of imidazole rings is 1. The zero-order valence-corrected chi connectivity index (χ0v) is 12.9. The maximum absolute atomic E-state index is 12.1. The van der Waals surface area contributed by atoms with E-state index in [9.17, 15) is 4.79 Å². The molecule has 0 spiro atoms. The third-order valence-electron chi connectivity index (χ3n) is 3.50. The Kier molecular flexibility index (Phi) is 2.93. The number of aromatic nitrogens is 3. The van der Waals surface area contributed by atoms with E-state index in [1.807, 2.05) is 13.8 Å². The fraction of sp³-hybridized carbons (Fsp3) is 0.500. The van der Waals surface area contributed by atoms with E-state index < -0.39 is 0 Å². The number of aryl methyl sites for hydroxylation is 2. The Labute approximate surface area is 121 Å². The van der Waals surface area contributed by atoms with Gasteiger partial charge in [0.2, 0.25) is 0 Å². The van der Waals surface area contributed by atoms with E-state index in [1.165, 1.54) is 0 Å². The predicted molar refractivity (Wildman–Crippen MR) is 79.0 cm³/mol. The number of amides is 1. The van der Waals surface area contributed by atoms with Crippen LogP contribution in [0.3, 0.4) is 0 Å². The summed E-state index contributed by atoms with van der Waals surface area (Å²) in [4.78, 5) is 25.4. The Balaban J connectivity index is 2.08. The van der Waals surface area contributed by atoms with E-state index >= 15 is 0 Å². The molecule has 2 N–H and O–H groups in total. The summed E-state index contributed by atoms with van der Waals surface area (Å²) < 4.78 is 0. The third-order valence-corrected chi connectivity index (χ3v) is 4.57. The van der Waals surface area contributed by atoms with Crippen LogP contribution < -0.4 is 5.32 Å². The van der Waals surface area contributed by atoms with Gasteiger partial charge in [-0.3, -0.25) is 4.79 Å². The first-order valence-electron chi connectivity index (χ1n) is 6.67. The molecule has 0 fully saturated rings. The molecule has 20 heavy (non-hydrogen) atoms. The minimum absolute atomic E-state index is 0.0311. The quantitative estimate of drug-likeness (QED) is 0.847. The molecule has 6 heteroatoms. The second kappa shape index (κ2) is 4.41. The number of nitrogens with one attached hydrogen (secondary N) is 2. The fourth-order valence-corrected chi connectivity index (χ4v) is 3.39. The van der Waals surface area contributed by atoms with Crippen molar-refractivity contribution in [1.29, 1.82) is 0 Å². The van der Waals surface area contributed by atoms with E-state index in [-0.39, 0.29) is 11.3 Å². The van der Waals surface area contributed by atoms with Crippen molar-refractivity contribution in [2.24, 2.45) is 5.41 Å². The molecule has 0 atom stereocenters. The second-order valence-corrected chi connectivity index (χ2v) is 7.29. The van der Waals surface area contributed by atoms with Crippen LogP contribution in [-0.2, 0) is 6.42 Å². The first kappa shape index (κ1) is 13.3. The van der Waals surface area contributed by atoms with Gasteiger partial charge in [0.15, 0.2) is 5.82 Å². The topological polar surface area (TPSA) is 70.7 Å². The van der Waals surface area contributed by atoms with Crippen LogP contribution in [0.15, 0.2) is 0 Å². The van der Waals surface area contributed by atoms with Gasteiger partial charge in [-0.25, -0.2) is 9.97 Å². The molecule has 106 valence electrons. The molecule has 3 rings (SSSR count). The number of hydrogen-bond acceptors (Lipinski definition) is 4. The zero-order chi connectivity index (χ0) is 14.5. The highest BCUT2D eigenvalue weighted by Crippen LogP contribution is 2.31. The van der Waals surface area contributed by atoms with Crippen molar-refractivity contribution in [2.45, 2.75) is 34.1 Å². The van der Waals surface area contributed by atoms with Crippen LogP contribution in [0, 0.1) is 19.3 Å². The van der Waals surface area contributed by atoms with Gasteiger partial charge in [-0.05, 0) is 25.7 Å². The maximum atomic E-state index is 12.1. The molecule has 2 aromatic rings. The minimum Gasteiger partial charge on any atom is -0.350 e. The summed E-state index contributed by atoms with van der Waals surface area (Å²) in [6, 6.07) is 0. The lowest BCUT2D eigenvalue weighted by atomic mass is 9.88. The number of aromatic amines is 1. The summed E-state index contributed by atoms with van der Waals surface area (Å²) in [6.07, 6.45) is 0.810. The van der Waals surface area contributed by atoms with Crippen LogP contribution in [-0.4, -0.2) is 27.4 Å². The molecular formula is C14H18N4OS. The van der Waals surface area contributed by atoms with Crippen LogP contribution in [0.1, 0.15) is 40.7 Å². The van der Waals surface area contributed by atoms with Crippen molar-refractivity contribution in [1.82, 2.24) is 20.3 Å². The molecule has 0 bridgehead atoms. The number of rotatable bonds is 1. The first-order valence-corrected chi connectivity index (χ1v) is 7.49. The molecule has 0 aliphatic carbocycles. The summed E-state index contributed by atoms with van der Waals surface area (Å²) in [7, 11) is 0. The second-order valence-electron chi connectivity index (χ2n) is 6.08. The van der Waals surface area contributed by atoms with E-state index in [0.29, 0.717) is 12.2 Å². The summed E-state index contributed by atoms with van der Waals surface area (Å²) in [6.45, 7) is 8.90. The van der Waals surface area contributed by atoms with E-state index in [0.717, 1.165) is 33.5 Å². The van der Waals surface area contributed by atoms with Gasteiger partial charge in [0.05, 0.1) is 15.6 Å². The largest absolute Gasteiger partial charge is 0.350 e. The predicted octanol–water partition coefficient (Wildman–Crippen LogP) is 2.46. The van der Waals surface area contributed by atoms with Gasteiger partial charge in [-0.2, -0.15) is 0 Å². The van der Waals surface area contributed by atoms with Crippen molar-refractivity contribution in [2.75, 3.05) is 6.54 Å². The SMILES string of the molecule is Cc1nc(C)c(-c2nc3c([nH]2)CC(C)(C)CNC3=O)s1. The standard InChI is InChI=1S/C14H18N4OS/c1-7-11(20-8(2)16-7)12-17-9-5-14(3,4)6-15-13(19)10(9)18-12/h5-6H2,1-4H3,(H,15,19)(H,17,18). The van der Waals surface area contributed by atoms with E-state index in [2.05, 4.69) is 34.1 Å². The van der Waals surface area contributed by atoms with Crippen molar-refractivity contribution >= 4 is 17.2 Å². The molecule has 1 amide bonds. The van der Waals surface area contributed by atoms with Gasteiger partial charge in [0, 0.05) is 12.2 Å². The highest BCUT2D eigenvalue weighted by molar-refractivity contribution is 7.15. The Morgan fingerprint density at radius 2 is 2.00 bits per heavy atom. The zero-order valence-electron chi connectivity index (χ0n) is 12.1. The van der Waals surface area contributed by atoms with E-state index in [4.69, 9.17) is 0 Å². The van der Waals surface area contributed by atoms with Gasteiger partial charge in [0.1, 0.15) is 5.69 Å². The number of H-pyrrole nitrogens is 1. The molecule has 0 unspecified atom stereocenters. The van der Waals surface area contributed by atoms with Crippen LogP contribution in [0.25, 0.3) is 10.7 Å². The number of nitrogens with zero attached hydrogens (tertiary/aromatic N) is 2. The Bertz CT molecular complexity index is 683. The van der Waals surface area contributed by atoms with Crippen LogP contribution in [0.4, 0.5) is 0 Å². The summed E-state index contributed by atoms with van der Waals surface area (Å²) in [5.41, 5.74) is 2.43. The molecule has 2 aromatic heterocycles. The number of hydrogen-bond donors (Lipinski definition) is 2.